The van der Waals surface area contributed by atoms with Crippen molar-refractivity contribution in [2.24, 2.45) is 0 Å². The number of nitrogens with one attached hydrogen (secondary N) is 2. The summed E-state index contributed by atoms with van der Waals surface area (Å²) in [6.45, 7) is 1.41. The molecule has 0 aliphatic carbocycles. The maximum atomic E-state index is 12.6. The van der Waals surface area contributed by atoms with Crippen molar-refractivity contribution in [2.75, 3.05) is 10.6 Å². The van der Waals surface area contributed by atoms with Gasteiger partial charge in [0.2, 0.25) is 5.91 Å². The second kappa shape index (κ2) is 7.06. The zero-order chi connectivity index (χ0) is 18.7. The monoisotopic (exact) mass is 348 g/mol. The number of phenols is 1. The zero-order valence-electron chi connectivity index (χ0n) is 13.9. The molecule has 6 nitrogen and oxygen atoms in total. The molecule has 0 aromatic heterocycles. The van der Waals surface area contributed by atoms with E-state index in [4.69, 9.17) is 0 Å². The van der Waals surface area contributed by atoms with Gasteiger partial charge in [-0.15, -0.1) is 0 Å². The molecule has 26 heavy (non-hydrogen) atoms. The van der Waals surface area contributed by atoms with Crippen molar-refractivity contribution in [3.8, 4) is 5.75 Å². The van der Waals surface area contributed by atoms with Gasteiger partial charge in [0, 0.05) is 18.3 Å². The van der Waals surface area contributed by atoms with Crippen LogP contribution in [0, 0.1) is 0 Å². The molecule has 3 aromatic carbocycles. The molecule has 0 atom stereocenters. The third kappa shape index (κ3) is 3.39. The quantitative estimate of drug-likeness (QED) is 0.628. The molecule has 0 fully saturated rings. The van der Waals surface area contributed by atoms with Crippen molar-refractivity contribution in [3.63, 3.8) is 0 Å². The summed E-state index contributed by atoms with van der Waals surface area (Å²) in [6, 6.07) is 15.1. The summed E-state index contributed by atoms with van der Waals surface area (Å²) in [7, 11) is 0. The Morgan fingerprint density at radius 1 is 0.962 bits per heavy atom. The van der Waals surface area contributed by atoms with Crippen LogP contribution >= 0.6 is 0 Å². The molecule has 0 spiro atoms. The van der Waals surface area contributed by atoms with E-state index in [2.05, 4.69) is 10.6 Å². The predicted molar refractivity (Wildman–Crippen MR) is 99.7 cm³/mol. The van der Waals surface area contributed by atoms with Gasteiger partial charge in [0.1, 0.15) is 5.75 Å². The smallest absolute Gasteiger partial charge is 0.259 e. The molecule has 0 unspecified atom stereocenters. The third-order valence-corrected chi connectivity index (χ3v) is 3.89. The van der Waals surface area contributed by atoms with Gasteiger partial charge in [-0.25, -0.2) is 0 Å². The molecule has 130 valence electrons. The minimum atomic E-state index is -0.538. The number of hydrogen-bond donors (Lipinski definition) is 3. The van der Waals surface area contributed by atoms with Crippen LogP contribution in [0.2, 0.25) is 0 Å². The summed E-state index contributed by atoms with van der Waals surface area (Å²) in [6.07, 6.45) is 0.538. The van der Waals surface area contributed by atoms with E-state index in [9.17, 15) is 19.5 Å². The van der Waals surface area contributed by atoms with Crippen molar-refractivity contribution in [2.45, 2.75) is 6.92 Å². The van der Waals surface area contributed by atoms with E-state index in [-0.39, 0.29) is 22.8 Å². The first kappa shape index (κ1) is 17.2. The number of fused-ring (bicyclic) bond motifs is 1. The number of aromatic hydroxyl groups is 1. The molecule has 3 aromatic rings. The van der Waals surface area contributed by atoms with E-state index in [0.29, 0.717) is 28.4 Å². The zero-order valence-corrected chi connectivity index (χ0v) is 13.9. The van der Waals surface area contributed by atoms with Crippen LogP contribution in [0.5, 0.6) is 5.75 Å². The van der Waals surface area contributed by atoms with Crippen LogP contribution in [0.15, 0.2) is 54.6 Å². The fourth-order valence-electron chi connectivity index (χ4n) is 2.70. The van der Waals surface area contributed by atoms with Crippen LogP contribution in [0.3, 0.4) is 0 Å². The minimum absolute atomic E-state index is 0.0109. The number of anilines is 2. The summed E-state index contributed by atoms with van der Waals surface area (Å²) in [5.41, 5.74) is 1.18. The summed E-state index contributed by atoms with van der Waals surface area (Å²) < 4.78 is 0. The van der Waals surface area contributed by atoms with Gasteiger partial charge in [-0.2, -0.15) is 0 Å². The SMILES string of the molecule is CC(=O)Nc1ccc(NC(=O)c2cc3ccccc3c(C=O)c2O)cc1. The van der Waals surface area contributed by atoms with Crippen molar-refractivity contribution in [1.29, 1.82) is 0 Å². The van der Waals surface area contributed by atoms with Gasteiger partial charge in [-0.1, -0.05) is 24.3 Å². The van der Waals surface area contributed by atoms with Gasteiger partial charge in [-0.3, -0.25) is 14.4 Å². The second-order valence-corrected chi connectivity index (χ2v) is 5.74. The topological polar surface area (TPSA) is 95.5 Å². The minimum Gasteiger partial charge on any atom is -0.506 e. The number of carbonyl (C=O) groups excluding carboxylic acids is 3. The van der Waals surface area contributed by atoms with Crippen LogP contribution in [-0.4, -0.2) is 23.2 Å². The lowest BCUT2D eigenvalue weighted by molar-refractivity contribution is -0.114. The average Bonchev–Trinajstić information content (AvgIpc) is 2.62. The Hall–Kier alpha value is -3.67. The van der Waals surface area contributed by atoms with Crippen LogP contribution in [-0.2, 0) is 4.79 Å². The lowest BCUT2D eigenvalue weighted by Crippen LogP contribution is -2.13. The molecule has 3 rings (SSSR count). The van der Waals surface area contributed by atoms with Gasteiger partial charge in [-0.05, 0) is 41.1 Å². The molecule has 6 heteroatoms. The summed E-state index contributed by atoms with van der Waals surface area (Å²) in [4.78, 5) is 35.0. The number of rotatable bonds is 4. The van der Waals surface area contributed by atoms with Crippen molar-refractivity contribution < 1.29 is 19.5 Å². The summed E-state index contributed by atoms with van der Waals surface area (Å²) in [5, 5.41) is 16.9. The highest BCUT2D eigenvalue weighted by atomic mass is 16.3. The van der Waals surface area contributed by atoms with Crippen molar-refractivity contribution in [1.82, 2.24) is 0 Å². The van der Waals surface area contributed by atoms with Crippen LogP contribution < -0.4 is 10.6 Å². The highest BCUT2D eigenvalue weighted by Crippen LogP contribution is 2.30. The molecule has 0 radical (unpaired) electrons. The largest absolute Gasteiger partial charge is 0.506 e. The number of hydrogen-bond acceptors (Lipinski definition) is 4. The molecule has 0 saturated carbocycles. The Balaban J connectivity index is 1.91. The van der Waals surface area contributed by atoms with Crippen molar-refractivity contribution in [3.05, 3.63) is 65.7 Å². The molecule has 0 saturated heterocycles. The van der Waals surface area contributed by atoms with E-state index in [1.807, 2.05) is 0 Å². The predicted octanol–water partition coefficient (Wildman–Crippen LogP) is 3.57. The maximum absolute atomic E-state index is 12.6. The van der Waals surface area contributed by atoms with Gasteiger partial charge < -0.3 is 15.7 Å². The van der Waals surface area contributed by atoms with Gasteiger partial charge in [0.05, 0.1) is 11.1 Å². The fraction of sp³-hybridized carbons (Fsp3) is 0.0500. The van der Waals surface area contributed by atoms with E-state index in [1.54, 1.807) is 54.6 Å². The number of benzene rings is 3. The number of amides is 2. The van der Waals surface area contributed by atoms with E-state index >= 15 is 0 Å². The summed E-state index contributed by atoms with van der Waals surface area (Å²) in [5.74, 6) is -1.08. The Morgan fingerprint density at radius 2 is 1.58 bits per heavy atom. The Morgan fingerprint density at radius 3 is 2.19 bits per heavy atom. The van der Waals surface area contributed by atoms with Crippen molar-refractivity contribution >= 4 is 40.2 Å². The molecule has 2 amide bonds. The van der Waals surface area contributed by atoms with Crippen LogP contribution in [0.4, 0.5) is 11.4 Å². The molecular weight excluding hydrogens is 332 g/mol. The lowest BCUT2D eigenvalue weighted by atomic mass is 9.99. The standard InChI is InChI=1S/C20H16N2O4/c1-12(24)21-14-6-8-15(9-7-14)22-20(26)17-10-13-4-2-3-5-16(13)18(11-23)19(17)25/h2-11,25H,1H3,(H,21,24)(H,22,26). The van der Waals surface area contributed by atoms with Gasteiger partial charge >= 0.3 is 0 Å². The Labute approximate surface area is 149 Å². The summed E-state index contributed by atoms with van der Waals surface area (Å²) >= 11 is 0. The third-order valence-electron chi connectivity index (χ3n) is 3.89. The first-order chi connectivity index (χ1) is 12.5. The van der Waals surface area contributed by atoms with Gasteiger partial charge in [0.15, 0.2) is 6.29 Å². The lowest BCUT2D eigenvalue weighted by Gasteiger charge is -2.11. The molecular formula is C20H16N2O4. The van der Waals surface area contributed by atoms with Gasteiger partial charge in [0.25, 0.3) is 5.91 Å². The fourth-order valence-corrected chi connectivity index (χ4v) is 2.70. The van der Waals surface area contributed by atoms with E-state index < -0.39 is 5.91 Å². The molecule has 3 N–H and O–H groups in total. The maximum Gasteiger partial charge on any atom is 0.259 e. The molecule has 0 bridgehead atoms. The Bertz CT molecular complexity index is 1010. The van der Waals surface area contributed by atoms with Crippen LogP contribution in [0.1, 0.15) is 27.6 Å². The average molecular weight is 348 g/mol. The van der Waals surface area contributed by atoms with E-state index in [1.165, 1.54) is 6.92 Å². The number of phenolic OH excluding ortho intramolecular Hbond substituents is 1. The first-order valence-corrected chi connectivity index (χ1v) is 7.88. The highest BCUT2D eigenvalue weighted by Gasteiger charge is 2.17. The first-order valence-electron chi connectivity index (χ1n) is 7.88. The molecule has 0 aliphatic rings. The second-order valence-electron chi connectivity index (χ2n) is 5.74. The molecule has 0 aliphatic heterocycles. The van der Waals surface area contributed by atoms with E-state index in [0.717, 1.165) is 0 Å². The number of carbonyl (C=O) groups is 3. The van der Waals surface area contributed by atoms with Crippen LogP contribution in [0.25, 0.3) is 10.8 Å². The normalized spacial score (nSPS) is 10.3. The number of aldehydes is 1. The Kier molecular flexibility index (Phi) is 4.66. The molecule has 0 heterocycles. The highest BCUT2D eigenvalue weighted by molar-refractivity contribution is 6.12.